The largest absolute Gasteiger partial charge is 0.504 e. The number of phenols is 1. The Labute approximate surface area is 89.0 Å². The molecule has 1 aromatic carbocycles. The predicted molar refractivity (Wildman–Crippen MR) is 57.7 cm³/mol. The molecule has 0 bridgehead atoms. The fourth-order valence-electron chi connectivity index (χ4n) is 1.78. The third kappa shape index (κ3) is 1.99. The maximum atomic E-state index is 9.64. The van der Waals surface area contributed by atoms with Gasteiger partial charge in [-0.25, -0.2) is 0 Å². The molecule has 0 amide bonds. The van der Waals surface area contributed by atoms with E-state index >= 15 is 0 Å². The van der Waals surface area contributed by atoms with E-state index in [0.29, 0.717) is 5.75 Å². The van der Waals surface area contributed by atoms with E-state index in [-0.39, 0.29) is 5.75 Å². The summed E-state index contributed by atoms with van der Waals surface area (Å²) in [5.74, 6) is 0.723. The lowest BCUT2D eigenvalue weighted by atomic mass is 10.2. The van der Waals surface area contributed by atoms with E-state index in [9.17, 15) is 5.11 Å². The van der Waals surface area contributed by atoms with Crippen LogP contribution in [-0.4, -0.2) is 38.5 Å². The molecule has 0 radical (unpaired) electrons. The fraction of sp³-hybridized carbons (Fsp3) is 0.455. The predicted octanol–water partition coefficient (Wildman–Crippen LogP) is 1.24. The minimum atomic E-state index is 0.182. The third-order valence-electron chi connectivity index (χ3n) is 2.53. The van der Waals surface area contributed by atoms with E-state index in [1.165, 1.54) is 0 Å². The van der Waals surface area contributed by atoms with Gasteiger partial charge in [-0.05, 0) is 12.1 Å². The SMILES string of the molecule is COc1c(O)cccc1N1CCOCC1. The van der Waals surface area contributed by atoms with Crippen molar-refractivity contribution in [1.29, 1.82) is 0 Å². The Bertz CT molecular complexity index is 335. The monoisotopic (exact) mass is 209 g/mol. The Morgan fingerprint density at radius 1 is 1.33 bits per heavy atom. The normalized spacial score (nSPS) is 16.5. The number of morpholine rings is 1. The fourth-order valence-corrected chi connectivity index (χ4v) is 1.78. The highest BCUT2D eigenvalue weighted by Gasteiger charge is 2.17. The average Bonchev–Trinajstić information content (AvgIpc) is 2.30. The Morgan fingerprint density at radius 3 is 2.73 bits per heavy atom. The molecule has 82 valence electrons. The molecule has 0 aromatic heterocycles. The molecule has 1 fully saturated rings. The van der Waals surface area contributed by atoms with Gasteiger partial charge in [0.05, 0.1) is 26.0 Å². The van der Waals surface area contributed by atoms with Gasteiger partial charge in [0.25, 0.3) is 0 Å². The zero-order chi connectivity index (χ0) is 10.7. The van der Waals surface area contributed by atoms with E-state index in [2.05, 4.69) is 4.90 Å². The standard InChI is InChI=1S/C11H15NO3/c1-14-11-9(3-2-4-10(11)13)12-5-7-15-8-6-12/h2-4,13H,5-8H2,1H3. The molecule has 1 N–H and O–H groups in total. The third-order valence-corrected chi connectivity index (χ3v) is 2.53. The Kier molecular flexibility index (Phi) is 2.97. The molecule has 1 aliphatic heterocycles. The Hall–Kier alpha value is -1.42. The first-order valence-corrected chi connectivity index (χ1v) is 5.01. The highest BCUT2D eigenvalue weighted by atomic mass is 16.5. The van der Waals surface area contributed by atoms with Crippen molar-refractivity contribution in [2.75, 3.05) is 38.3 Å². The first kappa shape index (κ1) is 10.1. The molecule has 15 heavy (non-hydrogen) atoms. The van der Waals surface area contributed by atoms with Gasteiger partial charge in [0.2, 0.25) is 0 Å². The smallest absolute Gasteiger partial charge is 0.183 e. The topological polar surface area (TPSA) is 41.9 Å². The molecular formula is C11H15NO3. The van der Waals surface area contributed by atoms with Gasteiger partial charge in [-0.2, -0.15) is 0 Å². The highest BCUT2D eigenvalue weighted by molar-refractivity contribution is 5.64. The molecule has 1 aliphatic rings. The number of hydrogen-bond acceptors (Lipinski definition) is 4. The van der Waals surface area contributed by atoms with Crippen LogP contribution < -0.4 is 9.64 Å². The van der Waals surface area contributed by atoms with Crippen LogP contribution in [0.2, 0.25) is 0 Å². The number of phenolic OH excluding ortho intramolecular Hbond substituents is 1. The van der Waals surface area contributed by atoms with Crippen molar-refractivity contribution in [2.24, 2.45) is 0 Å². The summed E-state index contributed by atoms with van der Waals surface area (Å²) >= 11 is 0. The number of methoxy groups -OCH3 is 1. The van der Waals surface area contributed by atoms with Crippen LogP contribution in [0.15, 0.2) is 18.2 Å². The van der Waals surface area contributed by atoms with Crippen LogP contribution in [0.5, 0.6) is 11.5 Å². The number of ether oxygens (including phenoxy) is 2. The second kappa shape index (κ2) is 4.40. The van der Waals surface area contributed by atoms with Crippen LogP contribution in [0.3, 0.4) is 0 Å². The summed E-state index contributed by atoms with van der Waals surface area (Å²) in [5.41, 5.74) is 0.931. The highest BCUT2D eigenvalue weighted by Crippen LogP contribution is 2.36. The van der Waals surface area contributed by atoms with E-state index < -0.39 is 0 Å². The van der Waals surface area contributed by atoms with Crippen molar-refractivity contribution >= 4 is 5.69 Å². The number of nitrogens with zero attached hydrogens (tertiary/aromatic N) is 1. The summed E-state index contributed by atoms with van der Waals surface area (Å²) in [4.78, 5) is 2.15. The van der Waals surface area contributed by atoms with Gasteiger partial charge in [0.15, 0.2) is 11.5 Å². The number of para-hydroxylation sites is 1. The zero-order valence-electron chi connectivity index (χ0n) is 8.77. The minimum absolute atomic E-state index is 0.182. The lowest BCUT2D eigenvalue weighted by molar-refractivity contribution is 0.122. The van der Waals surface area contributed by atoms with Crippen LogP contribution >= 0.6 is 0 Å². The molecule has 1 heterocycles. The van der Waals surface area contributed by atoms with E-state index in [1.807, 2.05) is 12.1 Å². The number of rotatable bonds is 2. The Balaban J connectivity index is 2.29. The van der Waals surface area contributed by atoms with Crippen molar-refractivity contribution < 1.29 is 14.6 Å². The van der Waals surface area contributed by atoms with Crippen molar-refractivity contribution in [3.63, 3.8) is 0 Å². The zero-order valence-corrected chi connectivity index (χ0v) is 8.77. The van der Waals surface area contributed by atoms with Crippen LogP contribution in [0.1, 0.15) is 0 Å². The first-order chi connectivity index (χ1) is 7.33. The maximum absolute atomic E-state index is 9.64. The van der Waals surface area contributed by atoms with Crippen LogP contribution in [-0.2, 0) is 4.74 Å². The molecular weight excluding hydrogens is 194 g/mol. The summed E-state index contributed by atoms with van der Waals surface area (Å²) in [5, 5.41) is 9.64. The Morgan fingerprint density at radius 2 is 2.07 bits per heavy atom. The van der Waals surface area contributed by atoms with Crippen molar-refractivity contribution in [1.82, 2.24) is 0 Å². The number of aromatic hydroxyl groups is 1. The summed E-state index contributed by atoms with van der Waals surface area (Å²) < 4.78 is 10.5. The molecule has 4 heteroatoms. The van der Waals surface area contributed by atoms with Gasteiger partial charge in [0.1, 0.15) is 0 Å². The van der Waals surface area contributed by atoms with Gasteiger partial charge in [-0.15, -0.1) is 0 Å². The molecule has 0 aliphatic carbocycles. The second-order valence-electron chi connectivity index (χ2n) is 3.43. The number of benzene rings is 1. The van der Waals surface area contributed by atoms with Crippen LogP contribution in [0.4, 0.5) is 5.69 Å². The average molecular weight is 209 g/mol. The lowest BCUT2D eigenvalue weighted by Crippen LogP contribution is -2.36. The quantitative estimate of drug-likeness (QED) is 0.795. The molecule has 0 unspecified atom stereocenters. The molecule has 2 rings (SSSR count). The maximum Gasteiger partial charge on any atom is 0.183 e. The molecule has 1 saturated heterocycles. The second-order valence-corrected chi connectivity index (χ2v) is 3.43. The molecule has 1 aromatic rings. The van der Waals surface area contributed by atoms with E-state index in [4.69, 9.17) is 9.47 Å². The summed E-state index contributed by atoms with van der Waals surface area (Å²) in [7, 11) is 1.57. The summed E-state index contributed by atoms with van der Waals surface area (Å²) in [6.45, 7) is 3.11. The van der Waals surface area contributed by atoms with Crippen molar-refractivity contribution in [2.45, 2.75) is 0 Å². The number of hydrogen-bond donors (Lipinski definition) is 1. The van der Waals surface area contributed by atoms with Gasteiger partial charge in [-0.1, -0.05) is 6.07 Å². The lowest BCUT2D eigenvalue weighted by Gasteiger charge is -2.30. The van der Waals surface area contributed by atoms with Crippen LogP contribution in [0.25, 0.3) is 0 Å². The molecule has 0 spiro atoms. The first-order valence-electron chi connectivity index (χ1n) is 5.01. The molecule has 0 atom stereocenters. The van der Waals surface area contributed by atoms with Gasteiger partial charge >= 0.3 is 0 Å². The van der Waals surface area contributed by atoms with Crippen LogP contribution in [0, 0.1) is 0 Å². The van der Waals surface area contributed by atoms with E-state index in [0.717, 1.165) is 32.0 Å². The molecule has 4 nitrogen and oxygen atoms in total. The van der Waals surface area contributed by atoms with Crippen molar-refractivity contribution in [3.8, 4) is 11.5 Å². The minimum Gasteiger partial charge on any atom is -0.504 e. The van der Waals surface area contributed by atoms with Gasteiger partial charge in [0, 0.05) is 13.1 Å². The van der Waals surface area contributed by atoms with Crippen molar-refractivity contribution in [3.05, 3.63) is 18.2 Å². The summed E-state index contributed by atoms with van der Waals surface area (Å²) in [6, 6.07) is 5.40. The van der Waals surface area contributed by atoms with Gasteiger partial charge in [-0.3, -0.25) is 0 Å². The number of anilines is 1. The summed E-state index contributed by atoms with van der Waals surface area (Å²) in [6.07, 6.45) is 0. The van der Waals surface area contributed by atoms with Gasteiger partial charge < -0.3 is 19.5 Å². The molecule has 0 saturated carbocycles. The van der Waals surface area contributed by atoms with E-state index in [1.54, 1.807) is 13.2 Å².